The smallest absolute Gasteiger partial charge is 0.334 e. The van der Waals surface area contributed by atoms with Crippen LogP contribution in [0.3, 0.4) is 0 Å². The lowest BCUT2D eigenvalue weighted by Crippen LogP contribution is -2.43. The van der Waals surface area contributed by atoms with Crippen LogP contribution in [0.4, 0.5) is 0 Å². The molecule has 0 amide bonds. The lowest BCUT2D eigenvalue weighted by Gasteiger charge is -2.44. The van der Waals surface area contributed by atoms with E-state index in [0.717, 1.165) is 30.2 Å². The van der Waals surface area contributed by atoms with Crippen LogP contribution in [-0.2, 0) is 19.7 Å². The highest BCUT2D eigenvalue weighted by molar-refractivity contribution is 9.10. The Balaban J connectivity index is 1.81. The lowest BCUT2D eigenvalue weighted by molar-refractivity contribution is -0.152. The Morgan fingerprint density at radius 1 is 1.15 bits per heavy atom. The quantitative estimate of drug-likeness (QED) is 0.568. The molecule has 0 heterocycles. The normalized spacial score (nSPS) is 26.4. The largest absolute Gasteiger partial charge is 0.459 e. The first-order chi connectivity index (χ1) is 12.8. The number of ether oxygens (including phenoxy) is 1. The third-order valence-corrected chi connectivity index (χ3v) is 6.82. The van der Waals surface area contributed by atoms with E-state index >= 15 is 0 Å². The van der Waals surface area contributed by atoms with Crippen molar-refractivity contribution in [1.29, 1.82) is 0 Å². The van der Waals surface area contributed by atoms with Crippen molar-refractivity contribution in [2.45, 2.75) is 70.8 Å². The van der Waals surface area contributed by atoms with E-state index in [4.69, 9.17) is 4.74 Å². The molecule has 0 saturated heterocycles. The van der Waals surface area contributed by atoms with Crippen molar-refractivity contribution in [2.75, 3.05) is 0 Å². The first kappa shape index (κ1) is 20.3. The van der Waals surface area contributed by atoms with Crippen molar-refractivity contribution in [3.63, 3.8) is 0 Å². The van der Waals surface area contributed by atoms with E-state index in [2.05, 4.69) is 61.0 Å². The predicted octanol–water partition coefficient (Wildman–Crippen LogP) is 5.75. The highest BCUT2D eigenvalue weighted by Gasteiger charge is 2.42. The SMILES string of the molecule is C[C@@H]1CC[C@@H](C(C)(C)c2ccc(Br)cc2)[C@H](OC(=O)C2=CC(=O)CCC2)C1. The molecule has 4 heteroatoms. The molecule has 0 aromatic heterocycles. The zero-order chi connectivity index (χ0) is 19.6. The highest BCUT2D eigenvalue weighted by atomic mass is 79.9. The van der Waals surface area contributed by atoms with Crippen molar-refractivity contribution in [1.82, 2.24) is 0 Å². The van der Waals surface area contributed by atoms with Gasteiger partial charge in [0, 0.05) is 22.4 Å². The van der Waals surface area contributed by atoms with Gasteiger partial charge >= 0.3 is 5.97 Å². The van der Waals surface area contributed by atoms with Gasteiger partial charge in [-0.05, 0) is 60.8 Å². The van der Waals surface area contributed by atoms with Gasteiger partial charge in [0.1, 0.15) is 6.10 Å². The van der Waals surface area contributed by atoms with Crippen molar-refractivity contribution >= 4 is 27.7 Å². The molecule has 0 bridgehead atoms. The summed E-state index contributed by atoms with van der Waals surface area (Å²) < 4.78 is 7.09. The topological polar surface area (TPSA) is 43.4 Å². The summed E-state index contributed by atoms with van der Waals surface area (Å²) in [5, 5.41) is 0. The maximum absolute atomic E-state index is 12.7. The van der Waals surface area contributed by atoms with E-state index < -0.39 is 0 Å². The van der Waals surface area contributed by atoms with Crippen LogP contribution < -0.4 is 0 Å². The van der Waals surface area contributed by atoms with E-state index in [0.29, 0.717) is 24.3 Å². The van der Waals surface area contributed by atoms with Crippen molar-refractivity contribution < 1.29 is 14.3 Å². The van der Waals surface area contributed by atoms with Gasteiger partial charge in [-0.1, -0.05) is 55.3 Å². The predicted molar refractivity (Wildman–Crippen MR) is 110 cm³/mol. The van der Waals surface area contributed by atoms with Gasteiger partial charge < -0.3 is 4.74 Å². The average molecular weight is 433 g/mol. The van der Waals surface area contributed by atoms with Gasteiger partial charge in [0.05, 0.1) is 0 Å². The van der Waals surface area contributed by atoms with Crippen LogP contribution in [0.2, 0.25) is 0 Å². The first-order valence-corrected chi connectivity index (χ1v) is 10.8. The Kier molecular flexibility index (Phi) is 6.25. The number of rotatable bonds is 4. The molecule has 0 radical (unpaired) electrons. The zero-order valence-corrected chi connectivity index (χ0v) is 18.1. The minimum Gasteiger partial charge on any atom is -0.459 e. The van der Waals surface area contributed by atoms with E-state index in [1.807, 2.05) is 0 Å². The van der Waals surface area contributed by atoms with Gasteiger partial charge in [0.2, 0.25) is 0 Å². The fraction of sp³-hybridized carbons (Fsp3) is 0.565. The maximum atomic E-state index is 12.7. The van der Waals surface area contributed by atoms with Gasteiger partial charge in [0.15, 0.2) is 5.78 Å². The number of hydrogen-bond donors (Lipinski definition) is 0. The number of ketones is 1. The molecule has 3 atom stereocenters. The third-order valence-electron chi connectivity index (χ3n) is 6.29. The second-order valence-electron chi connectivity index (χ2n) is 8.69. The Morgan fingerprint density at radius 3 is 2.52 bits per heavy atom. The fourth-order valence-electron chi connectivity index (χ4n) is 4.54. The molecule has 1 fully saturated rings. The van der Waals surface area contributed by atoms with Crippen molar-refractivity contribution in [3.05, 3.63) is 46.0 Å². The number of benzene rings is 1. The molecular formula is C23H29BrO3. The van der Waals surface area contributed by atoms with Gasteiger partial charge in [-0.25, -0.2) is 4.79 Å². The van der Waals surface area contributed by atoms with Crippen LogP contribution in [0, 0.1) is 11.8 Å². The molecule has 2 aliphatic rings. The minimum absolute atomic E-state index is 0.0388. The van der Waals surface area contributed by atoms with Crippen LogP contribution in [0.15, 0.2) is 40.4 Å². The molecule has 1 aromatic carbocycles. The van der Waals surface area contributed by atoms with E-state index in [1.165, 1.54) is 11.6 Å². The minimum atomic E-state index is -0.293. The molecule has 2 aliphatic carbocycles. The fourth-order valence-corrected chi connectivity index (χ4v) is 4.81. The zero-order valence-electron chi connectivity index (χ0n) is 16.5. The van der Waals surface area contributed by atoms with E-state index in [9.17, 15) is 9.59 Å². The van der Waals surface area contributed by atoms with Gasteiger partial charge in [-0.3, -0.25) is 4.79 Å². The Hall–Kier alpha value is -1.42. The summed E-state index contributed by atoms with van der Waals surface area (Å²) in [6, 6.07) is 8.46. The molecule has 3 nitrogen and oxygen atoms in total. The Labute approximate surface area is 170 Å². The molecule has 0 spiro atoms. The monoisotopic (exact) mass is 432 g/mol. The number of carbonyl (C=O) groups excluding carboxylic acids is 2. The van der Waals surface area contributed by atoms with Crippen LogP contribution in [0.25, 0.3) is 0 Å². The summed E-state index contributed by atoms with van der Waals surface area (Å²) in [5.74, 6) is 0.552. The number of halogens is 1. The summed E-state index contributed by atoms with van der Waals surface area (Å²) >= 11 is 3.51. The molecular weight excluding hydrogens is 404 g/mol. The maximum Gasteiger partial charge on any atom is 0.334 e. The first-order valence-electron chi connectivity index (χ1n) is 9.98. The van der Waals surface area contributed by atoms with Crippen LogP contribution >= 0.6 is 15.9 Å². The van der Waals surface area contributed by atoms with Crippen molar-refractivity contribution in [3.8, 4) is 0 Å². The van der Waals surface area contributed by atoms with Crippen LogP contribution in [-0.4, -0.2) is 17.9 Å². The standard InChI is InChI=1S/C23H29BrO3/c1-15-7-12-20(23(2,3)17-8-10-18(24)11-9-17)21(13-15)27-22(26)16-5-4-6-19(25)14-16/h8-11,14-15,20-21H,4-7,12-13H2,1-3H3/t15-,20-,21-/m1/s1. The lowest BCUT2D eigenvalue weighted by atomic mass is 9.64. The number of allylic oxidation sites excluding steroid dienone is 1. The summed E-state index contributed by atoms with van der Waals surface area (Å²) in [5.41, 5.74) is 1.71. The molecule has 1 aromatic rings. The molecule has 3 rings (SSSR count). The van der Waals surface area contributed by atoms with Gasteiger partial charge in [0.25, 0.3) is 0 Å². The highest BCUT2D eigenvalue weighted by Crippen LogP contribution is 2.44. The van der Waals surface area contributed by atoms with Crippen molar-refractivity contribution in [2.24, 2.45) is 11.8 Å². The molecule has 1 saturated carbocycles. The Bertz CT molecular complexity index is 732. The van der Waals surface area contributed by atoms with Crippen LogP contribution in [0.1, 0.15) is 64.9 Å². The summed E-state index contributed by atoms with van der Waals surface area (Å²) in [4.78, 5) is 24.4. The molecule has 0 unspecified atom stereocenters. The third kappa shape index (κ3) is 4.71. The Morgan fingerprint density at radius 2 is 1.85 bits per heavy atom. The second-order valence-corrected chi connectivity index (χ2v) is 9.60. The van der Waals surface area contributed by atoms with Gasteiger partial charge in [-0.15, -0.1) is 0 Å². The van der Waals surface area contributed by atoms with Crippen LogP contribution in [0.5, 0.6) is 0 Å². The number of carbonyl (C=O) groups is 2. The number of hydrogen-bond acceptors (Lipinski definition) is 3. The molecule has 27 heavy (non-hydrogen) atoms. The second kappa shape index (κ2) is 8.30. The van der Waals surface area contributed by atoms with E-state index in [1.54, 1.807) is 0 Å². The molecule has 146 valence electrons. The average Bonchev–Trinajstić information content (AvgIpc) is 2.62. The van der Waals surface area contributed by atoms with E-state index in [-0.39, 0.29) is 29.2 Å². The molecule has 0 aliphatic heterocycles. The summed E-state index contributed by atoms with van der Waals surface area (Å²) in [7, 11) is 0. The molecule has 0 N–H and O–H groups in total. The summed E-state index contributed by atoms with van der Waals surface area (Å²) in [6.45, 7) is 6.73. The summed E-state index contributed by atoms with van der Waals surface area (Å²) in [6.07, 6.45) is 6.39. The number of esters is 1. The van der Waals surface area contributed by atoms with Gasteiger partial charge in [-0.2, -0.15) is 0 Å².